The van der Waals surface area contributed by atoms with E-state index in [9.17, 15) is 19.2 Å². The summed E-state index contributed by atoms with van der Waals surface area (Å²) in [5, 5.41) is 0. The lowest BCUT2D eigenvalue weighted by atomic mass is 9.98. The summed E-state index contributed by atoms with van der Waals surface area (Å²) in [5.74, 6) is -3.22. The Morgan fingerprint density at radius 2 is 1.00 bits per heavy atom. The van der Waals surface area contributed by atoms with Crippen molar-refractivity contribution in [1.29, 1.82) is 0 Å². The van der Waals surface area contributed by atoms with Crippen LogP contribution < -0.4 is 5.73 Å². The molecular formula is C27H23NO8. The molecule has 0 saturated carbocycles. The van der Waals surface area contributed by atoms with Crippen LogP contribution in [0.4, 0.5) is 0 Å². The Balaban J connectivity index is 1.65. The molecule has 1 amide bonds. The third-order valence-electron chi connectivity index (χ3n) is 5.48. The Kier molecular flexibility index (Phi) is 7.72. The molecule has 0 aliphatic carbocycles. The molecule has 1 saturated heterocycles. The summed E-state index contributed by atoms with van der Waals surface area (Å²) in [7, 11) is 0. The topological polar surface area (TPSA) is 131 Å². The van der Waals surface area contributed by atoms with E-state index in [0.29, 0.717) is 0 Å². The van der Waals surface area contributed by atoms with Gasteiger partial charge in [0, 0.05) is 0 Å². The minimum absolute atomic E-state index is 0.192. The maximum absolute atomic E-state index is 12.9. The smallest absolute Gasteiger partial charge is 0.338 e. The fourth-order valence-electron chi connectivity index (χ4n) is 3.70. The van der Waals surface area contributed by atoms with Gasteiger partial charge in [0.25, 0.3) is 5.91 Å². The lowest BCUT2D eigenvalue weighted by Crippen LogP contribution is -2.61. The van der Waals surface area contributed by atoms with E-state index in [1.807, 2.05) is 0 Å². The number of hydrogen-bond acceptors (Lipinski definition) is 8. The van der Waals surface area contributed by atoms with E-state index in [4.69, 9.17) is 24.7 Å². The van der Waals surface area contributed by atoms with E-state index < -0.39 is 48.2 Å². The summed E-state index contributed by atoms with van der Waals surface area (Å²) in [6.45, 7) is -0.321. The molecule has 1 fully saturated rings. The van der Waals surface area contributed by atoms with Crippen molar-refractivity contribution in [3.05, 3.63) is 108 Å². The Labute approximate surface area is 206 Å². The van der Waals surface area contributed by atoms with Crippen LogP contribution >= 0.6 is 0 Å². The number of nitrogens with two attached hydrogens (primary N) is 1. The first-order valence-electron chi connectivity index (χ1n) is 11.1. The third kappa shape index (κ3) is 5.76. The van der Waals surface area contributed by atoms with E-state index >= 15 is 0 Å². The molecule has 36 heavy (non-hydrogen) atoms. The highest BCUT2D eigenvalue weighted by Gasteiger charge is 2.50. The van der Waals surface area contributed by atoms with Crippen molar-refractivity contribution < 1.29 is 38.1 Å². The molecule has 9 nitrogen and oxygen atoms in total. The zero-order valence-electron chi connectivity index (χ0n) is 19.0. The van der Waals surface area contributed by atoms with Crippen LogP contribution in [-0.2, 0) is 23.7 Å². The molecule has 4 atom stereocenters. The first-order chi connectivity index (χ1) is 17.4. The molecule has 0 radical (unpaired) electrons. The van der Waals surface area contributed by atoms with E-state index in [1.165, 1.54) is 24.3 Å². The number of primary amides is 1. The molecule has 3 aromatic carbocycles. The first kappa shape index (κ1) is 24.6. The second-order valence-electron chi connectivity index (χ2n) is 7.94. The van der Waals surface area contributed by atoms with Crippen molar-refractivity contribution in [2.24, 2.45) is 5.73 Å². The zero-order valence-corrected chi connectivity index (χ0v) is 19.0. The third-order valence-corrected chi connectivity index (χ3v) is 5.48. The van der Waals surface area contributed by atoms with E-state index in [1.54, 1.807) is 66.7 Å². The molecular weight excluding hydrogens is 466 g/mol. The number of carbonyl (C=O) groups excluding carboxylic acids is 4. The highest BCUT2D eigenvalue weighted by Crippen LogP contribution is 2.26. The summed E-state index contributed by atoms with van der Waals surface area (Å²) < 4.78 is 22.4. The van der Waals surface area contributed by atoms with Gasteiger partial charge in [-0.15, -0.1) is 0 Å². The summed E-state index contributed by atoms with van der Waals surface area (Å²) in [5.41, 5.74) is 6.16. The van der Waals surface area contributed by atoms with Gasteiger partial charge in [-0.3, -0.25) is 4.79 Å². The molecule has 1 aliphatic heterocycles. The van der Waals surface area contributed by atoms with E-state index in [-0.39, 0.29) is 23.3 Å². The van der Waals surface area contributed by atoms with Gasteiger partial charge < -0.3 is 24.7 Å². The van der Waals surface area contributed by atoms with Gasteiger partial charge in [0.2, 0.25) is 0 Å². The van der Waals surface area contributed by atoms with Crippen LogP contribution in [0.2, 0.25) is 0 Å². The summed E-state index contributed by atoms with van der Waals surface area (Å²) in [4.78, 5) is 50.7. The molecule has 184 valence electrons. The number of benzene rings is 3. The van der Waals surface area contributed by atoms with Gasteiger partial charge in [-0.1, -0.05) is 54.6 Å². The first-order valence-corrected chi connectivity index (χ1v) is 11.1. The number of hydrogen-bond donors (Lipinski definition) is 1. The number of ether oxygens (including phenoxy) is 4. The van der Waals surface area contributed by atoms with Crippen molar-refractivity contribution in [2.75, 3.05) is 6.61 Å². The molecule has 3 aromatic rings. The summed E-state index contributed by atoms with van der Waals surface area (Å²) >= 11 is 0. The summed E-state index contributed by atoms with van der Waals surface area (Å²) in [6.07, 6.45) is -5.51. The van der Waals surface area contributed by atoms with E-state index in [0.717, 1.165) is 0 Å². The number of carbonyl (C=O) groups is 4. The van der Waals surface area contributed by atoms with Crippen LogP contribution in [0.25, 0.3) is 0 Å². The number of esters is 3. The zero-order chi connectivity index (χ0) is 25.5. The maximum atomic E-state index is 12.9. The molecule has 0 bridgehead atoms. The van der Waals surface area contributed by atoms with Crippen LogP contribution in [-0.4, -0.2) is 54.8 Å². The predicted octanol–water partition coefficient (Wildman–Crippen LogP) is 2.55. The molecule has 0 spiro atoms. The van der Waals surface area contributed by atoms with Crippen LogP contribution in [0.15, 0.2) is 91.0 Å². The van der Waals surface area contributed by atoms with Crippen LogP contribution in [0.3, 0.4) is 0 Å². The standard InChI is InChI=1S/C27H23NO8/c28-24(29)23-22(36-27(32)19-14-8-3-9-15-19)21(35-26(31)18-12-6-2-7-13-18)20(16-33-23)34-25(30)17-10-4-1-5-11-17/h1-15,20-23H,16H2,(H2,28,29)/t20-,21-,22-,23-/m1/s1. The second-order valence-corrected chi connectivity index (χ2v) is 7.94. The Morgan fingerprint density at radius 1 is 0.611 bits per heavy atom. The Bertz CT molecular complexity index is 1220. The molecule has 1 aliphatic rings. The van der Waals surface area contributed by atoms with Gasteiger partial charge in [-0.25, -0.2) is 14.4 Å². The lowest BCUT2D eigenvalue weighted by Gasteiger charge is -2.39. The van der Waals surface area contributed by atoms with Crippen molar-refractivity contribution >= 4 is 23.8 Å². The number of amides is 1. The molecule has 0 aromatic heterocycles. The van der Waals surface area contributed by atoms with Crippen molar-refractivity contribution in [1.82, 2.24) is 0 Å². The Hall–Kier alpha value is -4.50. The quantitative estimate of drug-likeness (QED) is 0.396. The minimum Gasteiger partial charge on any atom is -0.452 e. The summed E-state index contributed by atoms with van der Waals surface area (Å²) in [6, 6.07) is 24.3. The maximum Gasteiger partial charge on any atom is 0.338 e. The normalized spacial score (nSPS) is 21.1. The fraction of sp³-hybridized carbons (Fsp3) is 0.185. The minimum atomic E-state index is -1.48. The molecule has 1 heterocycles. The average molecular weight is 489 g/mol. The van der Waals surface area contributed by atoms with Gasteiger partial charge in [-0.05, 0) is 36.4 Å². The molecule has 2 N–H and O–H groups in total. The number of rotatable bonds is 7. The lowest BCUT2D eigenvalue weighted by molar-refractivity contribution is -0.192. The van der Waals surface area contributed by atoms with Crippen molar-refractivity contribution in [3.63, 3.8) is 0 Å². The second kappa shape index (κ2) is 11.3. The largest absolute Gasteiger partial charge is 0.452 e. The predicted molar refractivity (Wildman–Crippen MR) is 126 cm³/mol. The van der Waals surface area contributed by atoms with Gasteiger partial charge in [0.1, 0.15) is 0 Å². The SMILES string of the molecule is NC(=O)[C@@H]1OC[C@@H](OC(=O)c2ccccc2)[C@@H](OC(=O)c2ccccc2)[C@H]1OC(=O)c1ccccc1. The van der Waals surface area contributed by atoms with Crippen LogP contribution in [0.1, 0.15) is 31.1 Å². The monoisotopic (exact) mass is 489 g/mol. The van der Waals surface area contributed by atoms with Gasteiger partial charge >= 0.3 is 17.9 Å². The van der Waals surface area contributed by atoms with Gasteiger partial charge in [0.05, 0.1) is 23.3 Å². The van der Waals surface area contributed by atoms with Gasteiger partial charge in [-0.2, -0.15) is 0 Å². The Morgan fingerprint density at radius 3 is 1.42 bits per heavy atom. The van der Waals surface area contributed by atoms with Crippen molar-refractivity contribution in [2.45, 2.75) is 24.4 Å². The molecule has 9 heteroatoms. The highest BCUT2D eigenvalue weighted by atomic mass is 16.6. The van der Waals surface area contributed by atoms with Crippen LogP contribution in [0.5, 0.6) is 0 Å². The fourth-order valence-corrected chi connectivity index (χ4v) is 3.70. The highest BCUT2D eigenvalue weighted by molar-refractivity contribution is 5.91. The molecule has 0 unspecified atom stereocenters. The van der Waals surface area contributed by atoms with Gasteiger partial charge in [0.15, 0.2) is 24.4 Å². The van der Waals surface area contributed by atoms with Crippen molar-refractivity contribution in [3.8, 4) is 0 Å². The van der Waals surface area contributed by atoms with E-state index in [2.05, 4.69) is 0 Å². The molecule has 4 rings (SSSR count). The van der Waals surface area contributed by atoms with Crippen LogP contribution in [0, 0.1) is 0 Å². The average Bonchev–Trinajstić information content (AvgIpc) is 2.91.